The predicted octanol–water partition coefficient (Wildman–Crippen LogP) is 1.95. The van der Waals surface area contributed by atoms with Gasteiger partial charge in [-0.2, -0.15) is 0 Å². The molecule has 1 aliphatic rings. The van der Waals surface area contributed by atoms with E-state index in [1.165, 1.54) is 24.3 Å². The summed E-state index contributed by atoms with van der Waals surface area (Å²) in [5.74, 6) is -0.519. The van der Waals surface area contributed by atoms with Crippen LogP contribution in [0.15, 0.2) is 24.3 Å². The lowest BCUT2D eigenvalue weighted by Crippen LogP contribution is -2.34. The zero-order valence-corrected chi connectivity index (χ0v) is 14.7. The molecule has 1 heterocycles. The summed E-state index contributed by atoms with van der Waals surface area (Å²) in [4.78, 5) is 25.8. The van der Waals surface area contributed by atoms with Gasteiger partial charge in [0.25, 0.3) is 5.91 Å². The summed E-state index contributed by atoms with van der Waals surface area (Å²) in [6.45, 7) is 4.58. The van der Waals surface area contributed by atoms with Crippen LogP contribution in [-0.2, 0) is 4.79 Å². The van der Waals surface area contributed by atoms with E-state index in [4.69, 9.17) is 5.73 Å². The second kappa shape index (κ2) is 8.99. The zero-order chi connectivity index (χ0) is 16.9. The molecule has 7 heteroatoms. The SMILES string of the molecule is CC1(CN)CCN(C(=O)CCCNC(=O)c2ccc(F)cc2)C1.Cl. The zero-order valence-electron chi connectivity index (χ0n) is 13.9. The van der Waals surface area contributed by atoms with Gasteiger partial charge in [0.15, 0.2) is 0 Å². The van der Waals surface area contributed by atoms with Crippen LogP contribution in [0.3, 0.4) is 0 Å². The van der Waals surface area contributed by atoms with E-state index in [1.807, 2.05) is 4.90 Å². The first kappa shape index (κ1) is 20.4. The number of hydrogen-bond acceptors (Lipinski definition) is 3. The van der Waals surface area contributed by atoms with E-state index in [1.54, 1.807) is 0 Å². The van der Waals surface area contributed by atoms with Crippen LogP contribution in [-0.4, -0.2) is 42.9 Å². The second-order valence-corrected chi connectivity index (χ2v) is 6.45. The van der Waals surface area contributed by atoms with Gasteiger partial charge in [0.2, 0.25) is 5.91 Å². The fourth-order valence-electron chi connectivity index (χ4n) is 2.71. The summed E-state index contributed by atoms with van der Waals surface area (Å²) in [6.07, 6.45) is 1.93. The van der Waals surface area contributed by atoms with Gasteiger partial charge in [0.1, 0.15) is 5.82 Å². The molecular formula is C17H25ClFN3O2. The van der Waals surface area contributed by atoms with Gasteiger partial charge in [-0.15, -0.1) is 12.4 Å². The molecule has 0 bridgehead atoms. The predicted molar refractivity (Wildman–Crippen MR) is 93.6 cm³/mol. The minimum Gasteiger partial charge on any atom is -0.352 e. The number of nitrogens with two attached hydrogens (primary N) is 1. The second-order valence-electron chi connectivity index (χ2n) is 6.45. The molecule has 5 nitrogen and oxygen atoms in total. The van der Waals surface area contributed by atoms with Gasteiger partial charge in [-0.05, 0) is 49.1 Å². The largest absolute Gasteiger partial charge is 0.352 e. The Labute approximate surface area is 148 Å². The highest BCUT2D eigenvalue weighted by molar-refractivity contribution is 5.94. The molecule has 1 atom stereocenters. The fourth-order valence-corrected chi connectivity index (χ4v) is 2.71. The van der Waals surface area contributed by atoms with Gasteiger partial charge in [0, 0.05) is 31.6 Å². The van der Waals surface area contributed by atoms with Crippen LogP contribution in [0.5, 0.6) is 0 Å². The van der Waals surface area contributed by atoms with Crippen molar-refractivity contribution in [2.45, 2.75) is 26.2 Å². The molecule has 0 aromatic heterocycles. The lowest BCUT2D eigenvalue weighted by atomic mass is 9.90. The third kappa shape index (κ3) is 5.46. The highest BCUT2D eigenvalue weighted by atomic mass is 35.5. The first-order valence-corrected chi connectivity index (χ1v) is 7.95. The van der Waals surface area contributed by atoms with Crippen LogP contribution in [0.2, 0.25) is 0 Å². The van der Waals surface area contributed by atoms with Crippen molar-refractivity contribution in [3.8, 4) is 0 Å². The number of amides is 2. The van der Waals surface area contributed by atoms with Gasteiger partial charge in [-0.25, -0.2) is 4.39 Å². The van der Waals surface area contributed by atoms with Crippen LogP contribution in [0.1, 0.15) is 36.5 Å². The number of carbonyl (C=O) groups is 2. The Morgan fingerprint density at radius 2 is 2.00 bits per heavy atom. The monoisotopic (exact) mass is 357 g/mol. The third-order valence-corrected chi connectivity index (χ3v) is 4.36. The Morgan fingerprint density at radius 3 is 2.58 bits per heavy atom. The van der Waals surface area contributed by atoms with E-state index < -0.39 is 0 Å². The van der Waals surface area contributed by atoms with Crippen molar-refractivity contribution >= 4 is 24.2 Å². The van der Waals surface area contributed by atoms with Gasteiger partial charge in [-0.3, -0.25) is 9.59 Å². The number of carbonyl (C=O) groups excluding carboxylic acids is 2. The van der Waals surface area contributed by atoms with E-state index in [9.17, 15) is 14.0 Å². The Morgan fingerprint density at radius 1 is 1.33 bits per heavy atom. The molecule has 2 rings (SSSR count). The lowest BCUT2D eigenvalue weighted by molar-refractivity contribution is -0.130. The van der Waals surface area contributed by atoms with E-state index in [0.717, 1.165) is 13.0 Å². The molecule has 1 fully saturated rings. The minimum absolute atomic E-state index is 0. The smallest absolute Gasteiger partial charge is 0.251 e. The molecule has 2 amide bonds. The Balaban J connectivity index is 0.00000288. The van der Waals surface area contributed by atoms with Crippen molar-refractivity contribution in [1.29, 1.82) is 0 Å². The molecule has 0 radical (unpaired) electrons. The molecule has 134 valence electrons. The summed E-state index contributed by atoms with van der Waals surface area (Å²) in [5, 5.41) is 2.74. The van der Waals surface area contributed by atoms with Gasteiger partial charge in [0.05, 0.1) is 0 Å². The maximum atomic E-state index is 12.8. The summed E-state index contributed by atoms with van der Waals surface area (Å²) in [7, 11) is 0. The van der Waals surface area contributed by atoms with Crippen LogP contribution >= 0.6 is 12.4 Å². The third-order valence-electron chi connectivity index (χ3n) is 4.36. The molecule has 1 saturated heterocycles. The highest BCUT2D eigenvalue weighted by Gasteiger charge is 2.34. The van der Waals surface area contributed by atoms with Gasteiger partial charge in [-0.1, -0.05) is 6.92 Å². The maximum Gasteiger partial charge on any atom is 0.251 e. The van der Waals surface area contributed by atoms with Crippen LogP contribution in [0, 0.1) is 11.2 Å². The van der Waals surface area contributed by atoms with Gasteiger partial charge < -0.3 is 16.0 Å². The first-order valence-electron chi connectivity index (χ1n) is 7.95. The summed E-state index contributed by atoms with van der Waals surface area (Å²) < 4.78 is 12.8. The molecule has 0 aliphatic carbocycles. The van der Waals surface area contributed by atoms with Crippen molar-refractivity contribution in [2.75, 3.05) is 26.2 Å². The Kier molecular flexibility index (Phi) is 7.63. The van der Waals surface area contributed by atoms with Crippen molar-refractivity contribution in [3.63, 3.8) is 0 Å². The quantitative estimate of drug-likeness (QED) is 0.764. The molecule has 1 aromatic carbocycles. The minimum atomic E-state index is -0.373. The number of likely N-dealkylation sites (tertiary alicyclic amines) is 1. The van der Waals surface area contributed by atoms with Gasteiger partial charge >= 0.3 is 0 Å². The first-order chi connectivity index (χ1) is 10.9. The number of rotatable bonds is 6. The number of nitrogens with one attached hydrogen (secondary N) is 1. The highest BCUT2D eigenvalue weighted by Crippen LogP contribution is 2.28. The van der Waals surface area contributed by atoms with E-state index >= 15 is 0 Å². The summed E-state index contributed by atoms with van der Waals surface area (Å²) >= 11 is 0. The molecule has 1 aromatic rings. The van der Waals surface area contributed by atoms with Crippen LogP contribution < -0.4 is 11.1 Å². The van der Waals surface area contributed by atoms with Crippen molar-refractivity contribution in [2.24, 2.45) is 11.1 Å². The lowest BCUT2D eigenvalue weighted by Gasteiger charge is -2.22. The molecular weight excluding hydrogens is 333 g/mol. The van der Waals surface area contributed by atoms with Crippen LogP contribution in [0.4, 0.5) is 4.39 Å². The molecule has 1 aliphatic heterocycles. The average molecular weight is 358 g/mol. The van der Waals surface area contributed by atoms with Crippen LogP contribution in [0.25, 0.3) is 0 Å². The van der Waals surface area contributed by atoms with Crippen molar-refractivity contribution < 1.29 is 14.0 Å². The molecule has 0 saturated carbocycles. The number of nitrogens with zero attached hydrogens (tertiary/aromatic N) is 1. The van der Waals surface area contributed by atoms with E-state index in [2.05, 4.69) is 12.2 Å². The van der Waals surface area contributed by atoms with Crippen molar-refractivity contribution in [3.05, 3.63) is 35.6 Å². The maximum absolute atomic E-state index is 12.8. The number of benzene rings is 1. The normalized spacial score (nSPS) is 19.7. The molecule has 3 N–H and O–H groups in total. The molecule has 1 unspecified atom stereocenters. The Bertz CT molecular complexity index is 567. The molecule has 0 spiro atoms. The average Bonchev–Trinajstić information content (AvgIpc) is 2.95. The molecule has 24 heavy (non-hydrogen) atoms. The fraction of sp³-hybridized carbons (Fsp3) is 0.529. The topological polar surface area (TPSA) is 75.4 Å². The number of hydrogen-bond donors (Lipinski definition) is 2. The summed E-state index contributed by atoms with van der Waals surface area (Å²) in [5.41, 5.74) is 6.19. The van der Waals surface area contributed by atoms with E-state index in [-0.39, 0.29) is 35.5 Å². The summed E-state index contributed by atoms with van der Waals surface area (Å²) in [6, 6.07) is 5.38. The Hall–Kier alpha value is -1.66. The number of halogens is 2. The van der Waals surface area contributed by atoms with E-state index in [0.29, 0.717) is 38.0 Å². The van der Waals surface area contributed by atoms with Crippen molar-refractivity contribution in [1.82, 2.24) is 10.2 Å². The standard InChI is InChI=1S/C17H24FN3O2.ClH/c1-17(11-19)8-10-21(12-17)15(22)3-2-9-20-16(23)13-4-6-14(18)7-5-13;/h4-7H,2-3,8-12,19H2,1H3,(H,20,23);1H.